The Labute approximate surface area is 131 Å². The van der Waals surface area contributed by atoms with Crippen molar-refractivity contribution in [3.8, 4) is 0 Å². The largest absolute Gasteiger partial charge is 0.390 e. The maximum Gasteiger partial charge on any atom is 0.226 e. The van der Waals surface area contributed by atoms with E-state index >= 15 is 0 Å². The van der Waals surface area contributed by atoms with Gasteiger partial charge in [-0.25, -0.2) is 0 Å². The van der Waals surface area contributed by atoms with Crippen LogP contribution in [-0.2, 0) is 16.1 Å². The average molecular weight is 304 g/mol. The van der Waals surface area contributed by atoms with Crippen LogP contribution in [0.1, 0.15) is 37.7 Å². The Bertz CT molecular complexity index is 504. The molecule has 1 aromatic rings. The molecule has 22 heavy (non-hydrogen) atoms. The molecule has 1 heterocycles. The van der Waals surface area contributed by atoms with Gasteiger partial charge in [-0.2, -0.15) is 0 Å². The molecule has 0 aromatic carbocycles. The second-order valence-electron chi connectivity index (χ2n) is 6.41. The summed E-state index contributed by atoms with van der Waals surface area (Å²) in [7, 11) is 1.61. The van der Waals surface area contributed by atoms with Gasteiger partial charge in [0.05, 0.1) is 12.2 Å². The summed E-state index contributed by atoms with van der Waals surface area (Å²) in [5.41, 5.74) is 1.07. The molecule has 120 valence electrons. The van der Waals surface area contributed by atoms with Crippen molar-refractivity contribution in [3.05, 3.63) is 30.1 Å². The third-order valence-corrected chi connectivity index (χ3v) is 4.76. The van der Waals surface area contributed by atoms with Gasteiger partial charge in [0.2, 0.25) is 5.91 Å². The van der Waals surface area contributed by atoms with E-state index in [1.54, 1.807) is 13.3 Å². The minimum Gasteiger partial charge on any atom is -0.390 e. The van der Waals surface area contributed by atoms with E-state index in [1.165, 1.54) is 0 Å². The number of aromatic nitrogens is 1. The molecule has 0 saturated heterocycles. The van der Waals surface area contributed by atoms with E-state index in [9.17, 15) is 9.90 Å². The summed E-state index contributed by atoms with van der Waals surface area (Å²) in [6.45, 7) is 0.633. The topological polar surface area (TPSA) is 62.7 Å². The van der Waals surface area contributed by atoms with E-state index < -0.39 is 6.10 Å². The van der Waals surface area contributed by atoms with Crippen molar-refractivity contribution in [1.82, 2.24) is 9.88 Å². The van der Waals surface area contributed by atoms with Crippen LogP contribution in [0.25, 0.3) is 0 Å². The fourth-order valence-corrected chi connectivity index (χ4v) is 3.29. The van der Waals surface area contributed by atoms with Crippen LogP contribution in [0.5, 0.6) is 0 Å². The second kappa shape index (κ2) is 6.75. The van der Waals surface area contributed by atoms with Gasteiger partial charge >= 0.3 is 0 Å². The van der Waals surface area contributed by atoms with Crippen LogP contribution in [0.15, 0.2) is 24.5 Å². The predicted octanol–water partition coefficient (Wildman–Crippen LogP) is 1.75. The van der Waals surface area contributed by atoms with Crippen molar-refractivity contribution in [2.24, 2.45) is 5.92 Å². The molecule has 2 fully saturated rings. The lowest BCUT2D eigenvalue weighted by atomic mass is 9.84. The highest BCUT2D eigenvalue weighted by Gasteiger charge is 2.39. The maximum atomic E-state index is 12.9. The maximum absolute atomic E-state index is 12.9. The number of carbonyl (C=O) groups is 1. The van der Waals surface area contributed by atoms with E-state index in [-0.39, 0.29) is 17.9 Å². The molecule has 5 heteroatoms. The van der Waals surface area contributed by atoms with Gasteiger partial charge in [-0.1, -0.05) is 6.07 Å². The lowest BCUT2D eigenvalue weighted by Crippen LogP contribution is -2.43. The molecule has 1 amide bonds. The average Bonchev–Trinajstić information content (AvgIpc) is 3.38. The van der Waals surface area contributed by atoms with E-state index in [0.29, 0.717) is 25.4 Å². The Kier molecular flexibility index (Phi) is 4.74. The van der Waals surface area contributed by atoms with Gasteiger partial charge in [0.25, 0.3) is 0 Å². The number of ether oxygens (including phenoxy) is 1. The highest BCUT2D eigenvalue weighted by Crippen LogP contribution is 2.34. The van der Waals surface area contributed by atoms with Crippen LogP contribution in [0, 0.1) is 5.92 Å². The van der Waals surface area contributed by atoms with Gasteiger partial charge < -0.3 is 14.7 Å². The summed E-state index contributed by atoms with van der Waals surface area (Å²) in [5.74, 6) is 0.172. The van der Waals surface area contributed by atoms with Crippen LogP contribution in [0.4, 0.5) is 0 Å². The molecule has 0 spiro atoms. The van der Waals surface area contributed by atoms with Gasteiger partial charge in [0, 0.05) is 38.0 Å². The number of nitrogens with zero attached hydrogens (tertiary/aromatic N) is 2. The predicted molar refractivity (Wildman–Crippen MR) is 82.0 cm³/mol. The second-order valence-corrected chi connectivity index (χ2v) is 6.41. The number of methoxy groups -OCH3 is 1. The lowest BCUT2D eigenvalue weighted by Gasteiger charge is -2.34. The smallest absolute Gasteiger partial charge is 0.226 e. The Morgan fingerprint density at radius 3 is 2.86 bits per heavy atom. The van der Waals surface area contributed by atoms with Crippen molar-refractivity contribution in [3.63, 3.8) is 0 Å². The number of amides is 1. The monoisotopic (exact) mass is 304 g/mol. The Hall–Kier alpha value is -1.46. The van der Waals surface area contributed by atoms with Crippen molar-refractivity contribution >= 4 is 5.91 Å². The highest BCUT2D eigenvalue weighted by molar-refractivity contribution is 5.79. The van der Waals surface area contributed by atoms with Crippen molar-refractivity contribution in [1.29, 1.82) is 0 Å². The number of aliphatic hydroxyl groups is 1. The van der Waals surface area contributed by atoms with Gasteiger partial charge in [-0.3, -0.25) is 9.78 Å². The van der Waals surface area contributed by atoms with Gasteiger partial charge in [-0.15, -0.1) is 0 Å². The molecule has 2 saturated carbocycles. The van der Waals surface area contributed by atoms with Crippen LogP contribution in [0.3, 0.4) is 0 Å². The first-order chi connectivity index (χ1) is 10.7. The molecule has 0 bridgehead atoms. The molecule has 3 rings (SSSR count). The summed E-state index contributed by atoms with van der Waals surface area (Å²) in [6.07, 6.45) is 7.10. The van der Waals surface area contributed by atoms with Crippen LogP contribution < -0.4 is 0 Å². The normalized spacial score (nSPS) is 28.4. The molecule has 1 aromatic heterocycles. The number of carbonyl (C=O) groups excluding carboxylic acids is 1. The zero-order valence-electron chi connectivity index (χ0n) is 13.0. The summed E-state index contributed by atoms with van der Waals surface area (Å²) in [4.78, 5) is 19.1. The molecule has 2 aliphatic rings. The van der Waals surface area contributed by atoms with Crippen LogP contribution >= 0.6 is 0 Å². The zero-order chi connectivity index (χ0) is 15.5. The first-order valence-corrected chi connectivity index (χ1v) is 8.09. The summed E-state index contributed by atoms with van der Waals surface area (Å²) in [6, 6.07) is 4.29. The molecule has 1 N–H and O–H groups in total. The number of hydrogen-bond acceptors (Lipinski definition) is 4. The molecule has 2 aliphatic carbocycles. The number of aliphatic hydroxyl groups excluding tert-OH is 1. The van der Waals surface area contributed by atoms with E-state index in [1.807, 2.05) is 23.2 Å². The van der Waals surface area contributed by atoms with E-state index in [2.05, 4.69) is 4.98 Å². The summed E-state index contributed by atoms with van der Waals surface area (Å²) >= 11 is 0. The summed E-state index contributed by atoms with van der Waals surface area (Å²) < 4.78 is 5.33. The quantitative estimate of drug-likeness (QED) is 0.900. The Morgan fingerprint density at radius 2 is 2.23 bits per heavy atom. The summed E-state index contributed by atoms with van der Waals surface area (Å²) in [5, 5.41) is 9.91. The van der Waals surface area contributed by atoms with Crippen molar-refractivity contribution < 1.29 is 14.6 Å². The Morgan fingerprint density at radius 1 is 1.41 bits per heavy atom. The van der Waals surface area contributed by atoms with Gasteiger partial charge in [0.1, 0.15) is 0 Å². The lowest BCUT2D eigenvalue weighted by molar-refractivity contribution is -0.142. The molecular weight excluding hydrogens is 280 g/mol. The Balaban J connectivity index is 1.68. The first-order valence-electron chi connectivity index (χ1n) is 8.09. The fraction of sp³-hybridized carbons (Fsp3) is 0.647. The number of hydrogen-bond donors (Lipinski definition) is 1. The molecule has 5 nitrogen and oxygen atoms in total. The highest BCUT2D eigenvalue weighted by atomic mass is 16.5. The minimum absolute atomic E-state index is 0.0365. The minimum atomic E-state index is -0.443. The molecule has 3 atom stereocenters. The standard InChI is InChI=1S/C17H24N2O3/c1-22-16-9-13(4-7-15(16)20)17(21)19(14-5-6-14)11-12-3-2-8-18-10-12/h2-3,8,10,13-16,20H,4-7,9,11H2,1H3/t13-,15+,16-/m1/s1. The van der Waals surface area contributed by atoms with Crippen LogP contribution in [0.2, 0.25) is 0 Å². The van der Waals surface area contributed by atoms with E-state index in [0.717, 1.165) is 24.8 Å². The zero-order valence-corrected chi connectivity index (χ0v) is 13.0. The van der Waals surface area contributed by atoms with Gasteiger partial charge in [0.15, 0.2) is 0 Å². The molecule has 0 unspecified atom stereocenters. The fourth-order valence-electron chi connectivity index (χ4n) is 3.29. The number of pyridine rings is 1. The first kappa shape index (κ1) is 15.4. The SMILES string of the molecule is CO[C@@H]1C[C@H](C(=O)N(Cc2cccnc2)C2CC2)CC[C@@H]1O. The molecule has 0 aliphatic heterocycles. The van der Waals surface area contributed by atoms with E-state index in [4.69, 9.17) is 4.74 Å². The number of rotatable bonds is 5. The van der Waals surface area contributed by atoms with Crippen LogP contribution in [-0.4, -0.2) is 46.3 Å². The van der Waals surface area contributed by atoms with Crippen molar-refractivity contribution in [2.75, 3.05) is 7.11 Å². The van der Waals surface area contributed by atoms with Gasteiger partial charge in [-0.05, 0) is 43.7 Å². The van der Waals surface area contributed by atoms with Crippen molar-refractivity contribution in [2.45, 2.75) is 56.9 Å². The third-order valence-electron chi connectivity index (χ3n) is 4.76. The third kappa shape index (κ3) is 3.47. The molecular formula is C17H24N2O3. The molecule has 0 radical (unpaired) electrons.